The summed E-state index contributed by atoms with van der Waals surface area (Å²) in [5.74, 6) is -0.436. The summed E-state index contributed by atoms with van der Waals surface area (Å²) in [4.78, 5) is 13.1. The van der Waals surface area contributed by atoms with Gasteiger partial charge in [0.1, 0.15) is 5.82 Å². The molecule has 3 aromatic rings. The van der Waals surface area contributed by atoms with Crippen LogP contribution in [0.25, 0.3) is 0 Å². The number of rotatable bonds is 7. The molecule has 0 saturated carbocycles. The minimum absolute atomic E-state index is 0.202. The molecule has 3 rings (SSSR count). The Hall–Kier alpha value is -3.18. The maximum absolute atomic E-state index is 12.5. The molecule has 0 unspecified atom stereocenters. The quantitative estimate of drug-likeness (QED) is 0.319. The van der Waals surface area contributed by atoms with E-state index in [0.29, 0.717) is 6.42 Å². The summed E-state index contributed by atoms with van der Waals surface area (Å²) in [5, 5.41) is 7.00. The van der Waals surface area contributed by atoms with Gasteiger partial charge in [0.2, 0.25) is 0 Å². The van der Waals surface area contributed by atoms with Gasteiger partial charge in [-0.25, -0.2) is 4.39 Å². The smallest absolute Gasteiger partial charge is 0.305 e. The molecule has 0 bridgehead atoms. The molecule has 0 aliphatic rings. The van der Waals surface area contributed by atoms with E-state index in [-0.39, 0.29) is 11.8 Å². The predicted octanol–water partition coefficient (Wildman–Crippen LogP) is 8.85. The van der Waals surface area contributed by atoms with E-state index in [1.54, 1.807) is 12.1 Å². The third-order valence-electron chi connectivity index (χ3n) is 4.44. The van der Waals surface area contributed by atoms with Crippen LogP contribution in [0.4, 0.5) is 15.8 Å². The molecule has 0 amide bonds. The second-order valence-electron chi connectivity index (χ2n) is 6.47. The monoisotopic (exact) mass is 515 g/mol. The number of hydrogen-bond donors (Lipinski definition) is 1. The lowest BCUT2D eigenvalue weighted by Crippen LogP contribution is -2.15. The van der Waals surface area contributed by atoms with Crippen LogP contribution < -0.4 is 4.90 Å². The average molecular weight is 516 g/mol. The number of hydrogen-bond acceptors (Lipinski definition) is 4. The highest BCUT2D eigenvalue weighted by molar-refractivity contribution is 5.69. The van der Waals surface area contributed by atoms with Gasteiger partial charge in [-0.05, 0) is 61.7 Å². The van der Waals surface area contributed by atoms with Crippen molar-refractivity contribution < 1.29 is 19.0 Å². The molecule has 4 nitrogen and oxygen atoms in total. The molecule has 0 aliphatic heterocycles. The van der Waals surface area contributed by atoms with Crippen molar-refractivity contribution in [3.63, 3.8) is 0 Å². The highest BCUT2D eigenvalue weighted by Crippen LogP contribution is 2.23. The Morgan fingerprint density at radius 1 is 0.757 bits per heavy atom. The summed E-state index contributed by atoms with van der Waals surface area (Å²) >= 11 is 0. The second kappa shape index (κ2) is 29.1. The number of halogens is 1. The number of methoxy groups -OCH3 is 1. The first-order valence-corrected chi connectivity index (χ1v) is 13.3. The van der Waals surface area contributed by atoms with Gasteiger partial charge in [0.15, 0.2) is 0 Å². The first-order chi connectivity index (χ1) is 18.1. The molecule has 0 heterocycles. The summed E-state index contributed by atoms with van der Waals surface area (Å²) in [6, 6.07) is 27.2. The van der Waals surface area contributed by atoms with Gasteiger partial charge >= 0.3 is 5.97 Å². The van der Waals surface area contributed by atoms with Gasteiger partial charge in [0, 0.05) is 31.5 Å². The average Bonchev–Trinajstić information content (AvgIpc) is 3.00. The highest BCUT2D eigenvalue weighted by atomic mass is 19.1. The normalized spacial score (nSPS) is 8.41. The Balaban J connectivity index is -0.000000493. The fourth-order valence-electron chi connectivity index (χ4n) is 2.92. The lowest BCUT2D eigenvalue weighted by atomic mass is 10.1. The van der Waals surface area contributed by atoms with Gasteiger partial charge in [-0.2, -0.15) is 0 Å². The third-order valence-corrected chi connectivity index (χ3v) is 4.44. The number of aliphatic hydroxyl groups excluding tert-OH is 1. The Morgan fingerprint density at radius 3 is 1.51 bits per heavy atom. The van der Waals surface area contributed by atoms with E-state index in [2.05, 4.69) is 65.1 Å². The number of carbonyl (C=O) groups is 1. The van der Waals surface area contributed by atoms with Gasteiger partial charge in [-0.15, -0.1) is 0 Å². The SMILES string of the molecule is CC.CC.CC.CCN(c1ccccc1)c1ccccc1.CO.COC(=O)CCCc1ccc(F)cc1. The van der Waals surface area contributed by atoms with E-state index < -0.39 is 0 Å². The number of ether oxygens (including phenoxy) is 1. The first kappa shape index (κ1) is 38.4. The number of esters is 1. The lowest BCUT2D eigenvalue weighted by molar-refractivity contribution is -0.140. The van der Waals surface area contributed by atoms with Crippen molar-refractivity contribution >= 4 is 17.3 Å². The van der Waals surface area contributed by atoms with Crippen molar-refractivity contribution in [2.24, 2.45) is 0 Å². The van der Waals surface area contributed by atoms with Crippen LogP contribution in [0.2, 0.25) is 0 Å². The number of aryl methyl sites for hydroxylation is 1. The van der Waals surface area contributed by atoms with Crippen molar-refractivity contribution in [2.45, 2.75) is 67.7 Å². The second-order valence-corrected chi connectivity index (χ2v) is 6.47. The summed E-state index contributed by atoms with van der Waals surface area (Å²) in [5.41, 5.74) is 3.52. The zero-order chi connectivity index (χ0) is 28.9. The zero-order valence-electron chi connectivity index (χ0n) is 24.5. The van der Waals surface area contributed by atoms with Crippen LogP contribution in [0.15, 0.2) is 84.9 Å². The zero-order valence-corrected chi connectivity index (χ0v) is 24.5. The molecule has 0 saturated heterocycles. The Labute approximate surface area is 226 Å². The van der Waals surface area contributed by atoms with Gasteiger partial charge in [-0.3, -0.25) is 4.79 Å². The van der Waals surface area contributed by atoms with Crippen molar-refractivity contribution in [2.75, 3.05) is 25.7 Å². The molecule has 0 aromatic heterocycles. The van der Waals surface area contributed by atoms with E-state index in [0.717, 1.165) is 32.1 Å². The molecule has 0 radical (unpaired) electrons. The number of para-hydroxylation sites is 2. The Bertz CT molecular complexity index is 801. The van der Waals surface area contributed by atoms with E-state index in [1.807, 2.05) is 53.7 Å². The standard InChI is InChI=1S/C14H15N.C11H13FO2.3C2H6.CH4O/c1-2-15(13-9-5-3-6-10-13)14-11-7-4-8-12-14;1-14-11(13)4-2-3-9-5-7-10(12)8-6-9;4*1-2/h3-12H,2H2,1H3;5-8H,2-4H2,1H3;3*1-2H3;2H,1H3. The minimum atomic E-state index is -0.235. The number of anilines is 2. The van der Waals surface area contributed by atoms with Crippen molar-refractivity contribution in [3.05, 3.63) is 96.3 Å². The van der Waals surface area contributed by atoms with Gasteiger partial charge in [0.25, 0.3) is 0 Å². The maximum atomic E-state index is 12.5. The molecule has 0 fully saturated rings. The maximum Gasteiger partial charge on any atom is 0.305 e. The van der Waals surface area contributed by atoms with E-state index in [4.69, 9.17) is 5.11 Å². The highest BCUT2D eigenvalue weighted by Gasteiger charge is 2.04. The van der Waals surface area contributed by atoms with E-state index >= 15 is 0 Å². The van der Waals surface area contributed by atoms with Gasteiger partial charge in [-0.1, -0.05) is 90.1 Å². The number of aliphatic hydroxyl groups is 1. The molecular weight excluding hydrogens is 465 g/mol. The molecule has 37 heavy (non-hydrogen) atoms. The third kappa shape index (κ3) is 18.7. The Kier molecular flexibility index (Phi) is 30.1. The fourth-order valence-corrected chi connectivity index (χ4v) is 2.92. The topological polar surface area (TPSA) is 49.8 Å². The van der Waals surface area contributed by atoms with Crippen LogP contribution in [-0.4, -0.2) is 31.8 Å². The van der Waals surface area contributed by atoms with Crippen molar-refractivity contribution in [1.82, 2.24) is 0 Å². The summed E-state index contributed by atoms with van der Waals surface area (Å²) in [6.45, 7) is 15.1. The number of carbonyl (C=O) groups excluding carboxylic acids is 1. The van der Waals surface area contributed by atoms with Crippen molar-refractivity contribution in [1.29, 1.82) is 0 Å². The molecule has 0 aliphatic carbocycles. The van der Waals surface area contributed by atoms with E-state index in [1.165, 1.54) is 30.6 Å². The van der Waals surface area contributed by atoms with Crippen LogP contribution >= 0.6 is 0 Å². The fraction of sp³-hybridized carbons (Fsp3) is 0.406. The summed E-state index contributed by atoms with van der Waals surface area (Å²) in [6.07, 6.45) is 1.92. The van der Waals surface area contributed by atoms with Crippen LogP contribution in [0, 0.1) is 5.82 Å². The van der Waals surface area contributed by atoms with Crippen LogP contribution in [0.3, 0.4) is 0 Å². The Morgan fingerprint density at radius 2 is 1.16 bits per heavy atom. The van der Waals surface area contributed by atoms with Gasteiger partial charge in [0.05, 0.1) is 7.11 Å². The molecule has 0 atom stereocenters. The largest absolute Gasteiger partial charge is 0.469 e. The molecule has 208 valence electrons. The number of nitrogens with zero attached hydrogens (tertiary/aromatic N) is 1. The minimum Gasteiger partial charge on any atom is -0.469 e. The van der Waals surface area contributed by atoms with Crippen LogP contribution in [0.5, 0.6) is 0 Å². The molecule has 3 aromatic carbocycles. The van der Waals surface area contributed by atoms with Crippen LogP contribution in [0.1, 0.15) is 66.9 Å². The molecular formula is C32H50FNO3. The predicted molar refractivity (Wildman–Crippen MR) is 159 cm³/mol. The first-order valence-electron chi connectivity index (χ1n) is 13.3. The number of benzene rings is 3. The summed E-state index contributed by atoms with van der Waals surface area (Å²) < 4.78 is 17.0. The van der Waals surface area contributed by atoms with Crippen molar-refractivity contribution in [3.8, 4) is 0 Å². The lowest BCUT2D eigenvalue weighted by Gasteiger charge is -2.23. The molecule has 5 heteroatoms. The molecule has 0 spiro atoms. The van der Waals surface area contributed by atoms with E-state index in [9.17, 15) is 9.18 Å². The van der Waals surface area contributed by atoms with Crippen LogP contribution in [-0.2, 0) is 16.0 Å². The summed E-state index contributed by atoms with van der Waals surface area (Å²) in [7, 11) is 2.38. The van der Waals surface area contributed by atoms with Gasteiger partial charge < -0.3 is 14.7 Å². The molecule has 1 N–H and O–H groups in total.